The second-order valence-electron chi connectivity index (χ2n) is 4.37. The van der Waals surface area contributed by atoms with Crippen molar-refractivity contribution in [2.24, 2.45) is 11.7 Å². The van der Waals surface area contributed by atoms with Crippen molar-refractivity contribution in [1.29, 1.82) is 0 Å². The lowest BCUT2D eigenvalue weighted by Gasteiger charge is -2.17. The minimum absolute atomic E-state index is 0.0472. The second-order valence-corrected chi connectivity index (χ2v) is 4.37. The molecule has 0 fully saturated rings. The fourth-order valence-electron chi connectivity index (χ4n) is 1.27. The zero-order chi connectivity index (χ0) is 12.1. The van der Waals surface area contributed by atoms with Crippen molar-refractivity contribution >= 4 is 0 Å². The van der Waals surface area contributed by atoms with Gasteiger partial charge in [0.15, 0.2) is 11.5 Å². The van der Waals surface area contributed by atoms with Crippen LogP contribution in [-0.4, -0.2) is 19.8 Å². The van der Waals surface area contributed by atoms with Crippen molar-refractivity contribution in [2.45, 2.75) is 26.8 Å². The molecule has 0 spiro atoms. The first kappa shape index (κ1) is 12.8. The second kappa shape index (κ2) is 5.75. The maximum absolute atomic E-state index is 5.92. The lowest BCUT2D eigenvalue weighted by Crippen LogP contribution is -2.33. The summed E-state index contributed by atoms with van der Waals surface area (Å²) >= 11 is 0. The van der Waals surface area contributed by atoms with Gasteiger partial charge in [-0.05, 0) is 30.5 Å². The van der Waals surface area contributed by atoms with Gasteiger partial charge in [-0.25, -0.2) is 0 Å². The number of benzene rings is 1. The number of hydrogen-bond acceptors (Lipinski definition) is 3. The molecule has 3 heteroatoms. The largest absolute Gasteiger partial charge is 0.493 e. The van der Waals surface area contributed by atoms with Gasteiger partial charge >= 0.3 is 0 Å². The van der Waals surface area contributed by atoms with Gasteiger partial charge in [0.05, 0.1) is 7.11 Å². The lowest BCUT2D eigenvalue weighted by molar-refractivity contribution is 0.248. The molecule has 1 rings (SSSR count). The van der Waals surface area contributed by atoms with Crippen molar-refractivity contribution in [2.75, 3.05) is 13.7 Å². The SMILES string of the molecule is COc1cc(C)ccc1OC[C@@H](N)C(C)C. The van der Waals surface area contributed by atoms with Gasteiger partial charge in [0.1, 0.15) is 6.61 Å². The first-order valence-electron chi connectivity index (χ1n) is 5.57. The highest BCUT2D eigenvalue weighted by Crippen LogP contribution is 2.27. The van der Waals surface area contributed by atoms with Crippen LogP contribution in [0.4, 0.5) is 0 Å². The number of hydrogen-bond donors (Lipinski definition) is 1. The summed E-state index contributed by atoms with van der Waals surface area (Å²) in [6.07, 6.45) is 0. The molecule has 1 aromatic carbocycles. The normalized spacial score (nSPS) is 12.6. The van der Waals surface area contributed by atoms with Crippen LogP contribution in [-0.2, 0) is 0 Å². The van der Waals surface area contributed by atoms with Crippen LogP contribution in [0.1, 0.15) is 19.4 Å². The van der Waals surface area contributed by atoms with Gasteiger partial charge in [0.25, 0.3) is 0 Å². The van der Waals surface area contributed by atoms with E-state index in [-0.39, 0.29) is 6.04 Å². The smallest absolute Gasteiger partial charge is 0.161 e. The van der Waals surface area contributed by atoms with E-state index in [0.717, 1.165) is 17.1 Å². The van der Waals surface area contributed by atoms with E-state index < -0.39 is 0 Å². The van der Waals surface area contributed by atoms with Crippen LogP contribution in [0.3, 0.4) is 0 Å². The standard InChI is InChI=1S/C13H21NO2/c1-9(2)11(14)8-16-12-6-5-10(3)7-13(12)15-4/h5-7,9,11H,8,14H2,1-4H3/t11-/m1/s1. The average Bonchev–Trinajstić information content (AvgIpc) is 2.26. The molecule has 0 radical (unpaired) electrons. The Labute approximate surface area is 97.6 Å². The third-order valence-corrected chi connectivity index (χ3v) is 2.61. The number of methoxy groups -OCH3 is 1. The molecule has 0 aliphatic carbocycles. The predicted octanol–water partition coefficient (Wildman–Crippen LogP) is 2.37. The Kier molecular flexibility index (Phi) is 4.62. The van der Waals surface area contributed by atoms with E-state index in [0.29, 0.717) is 12.5 Å². The number of ether oxygens (including phenoxy) is 2. The van der Waals surface area contributed by atoms with E-state index in [2.05, 4.69) is 13.8 Å². The zero-order valence-corrected chi connectivity index (χ0v) is 10.5. The summed E-state index contributed by atoms with van der Waals surface area (Å²) in [7, 11) is 1.64. The third kappa shape index (κ3) is 3.42. The molecule has 1 aromatic rings. The number of aryl methyl sites for hydroxylation is 1. The molecular formula is C13H21NO2. The molecule has 3 nitrogen and oxygen atoms in total. The summed E-state index contributed by atoms with van der Waals surface area (Å²) in [6, 6.07) is 5.92. The van der Waals surface area contributed by atoms with Crippen LogP contribution in [0, 0.1) is 12.8 Å². The van der Waals surface area contributed by atoms with Gasteiger partial charge in [-0.2, -0.15) is 0 Å². The van der Waals surface area contributed by atoms with Crippen molar-refractivity contribution in [1.82, 2.24) is 0 Å². The Morgan fingerprint density at radius 3 is 2.50 bits per heavy atom. The Hall–Kier alpha value is -1.22. The minimum atomic E-state index is 0.0472. The van der Waals surface area contributed by atoms with Crippen LogP contribution in [0.15, 0.2) is 18.2 Å². The summed E-state index contributed by atoms with van der Waals surface area (Å²) in [4.78, 5) is 0. The van der Waals surface area contributed by atoms with E-state index in [1.165, 1.54) is 0 Å². The maximum Gasteiger partial charge on any atom is 0.161 e. The molecule has 0 saturated carbocycles. The molecule has 0 heterocycles. The average molecular weight is 223 g/mol. The van der Waals surface area contributed by atoms with Crippen LogP contribution < -0.4 is 15.2 Å². The fraction of sp³-hybridized carbons (Fsp3) is 0.538. The maximum atomic E-state index is 5.92. The summed E-state index contributed by atoms with van der Waals surface area (Å²) in [5.41, 5.74) is 7.07. The van der Waals surface area contributed by atoms with Crippen LogP contribution in [0.25, 0.3) is 0 Å². The van der Waals surface area contributed by atoms with Crippen molar-refractivity contribution < 1.29 is 9.47 Å². The van der Waals surface area contributed by atoms with Gasteiger partial charge in [-0.15, -0.1) is 0 Å². The highest BCUT2D eigenvalue weighted by atomic mass is 16.5. The predicted molar refractivity (Wildman–Crippen MR) is 66.0 cm³/mol. The van der Waals surface area contributed by atoms with Gasteiger partial charge < -0.3 is 15.2 Å². The van der Waals surface area contributed by atoms with Crippen LogP contribution >= 0.6 is 0 Å². The first-order valence-corrected chi connectivity index (χ1v) is 5.57. The molecule has 1 atom stereocenters. The van der Waals surface area contributed by atoms with Crippen molar-refractivity contribution in [3.05, 3.63) is 23.8 Å². The minimum Gasteiger partial charge on any atom is -0.493 e. The molecule has 0 unspecified atom stereocenters. The van der Waals surface area contributed by atoms with Gasteiger partial charge in [-0.1, -0.05) is 19.9 Å². The molecule has 0 aromatic heterocycles. The Morgan fingerprint density at radius 2 is 1.94 bits per heavy atom. The quantitative estimate of drug-likeness (QED) is 0.833. The summed E-state index contributed by atoms with van der Waals surface area (Å²) in [5, 5.41) is 0. The van der Waals surface area contributed by atoms with E-state index in [1.54, 1.807) is 7.11 Å². The number of nitrogens with two attached hydrogens (primary N) is 1. The molecular weight excluding hydrogens is 202 g/mol. The number of rotatable bonds is 5. The Balaban J connectivity index is 2.66. The Morgan fingerprint density at radius 1 is 1.25 bits per heavy atom. The lowest BCUT2D eigenvalue weighted by atomic mass is 10.1. The van der Waals surface area contributed by atoms with E-state index in [4.69, 9.17) is 15.2 Å². The molecule has 0 saturated heterocycles. The molecule has 0 bridgehead atoms. The van der Waals surface area contributed by atoms with E-state index in [1.807, 2.05) is 25.1 Å². The molecule has 90 valence electrons. The van der Waals surface area contributed by atoms with Crippen LogP contribution in [0.2, 0.25) is 0 Å². The van der Waals surface area contributed by atoms with Gasteiger partial charge in [0, 0.05) is 6.04 Å². The highest BCUT2D eigenvalue weighted by Gasteiger charge is 2.10. The molecule has 2 N–H and O–H groups in total. The molecule has 0 aliphatic heterocycles. The van der Waals surface area contributed by atoms with Gasteiger partial charge in [-0.3, -0.25) is 0 Å². The molecule has 16 heavy (non-hydrogen) atoms. The van der Waals surface area contributed by atoms with E-state index >= 15 is 0 Å². The summed E-state index contributed by atoms with van der Waals surface area (Å²) in [6.45, 7) is 6.70. The monoisotopic (exact) mass is 223 g/mol. The Bertz CT molecular complexity index is 337. The van der Waals surface area contributed by atoms with Crippen LogP contribution in [0.5, 0.6) is 11.5 Å². The fourth-order valence-corrected chi connectivity index (χ4v) is 1.27. The summed E-state index contributed by atoms with van der Waals surface area (Å²) < 4.78 is 10.9. The van der Waals surface area contributed by atoms with Crippen molar-refractivity contribution in [3.8, 4) is 11.5 Å². The first-order chi connectivity index (χ1) is 7.54. The van der Waals surface area contributed by atoms with Crippen molar-refractivity contribution in [3.63, 3.8) is 0 Å². The zero-order valence-electron chi connectivity index (χ0n) is 10.5. The highest BCUT2D eigenvalue weighted by molar-refractivity contribution is 5.42. The molecule has 0 amide bonds. The topological polar surface area (TPSA) is 44.5 Å². The summed E-state index contributed by atoms with van der Waals surface area (Å²) in [5.74, 6) is 1.93. The molecule has 0 aliphatic rings. The van der Waals surface area contributed by atoms with E-state index in [9.17, 15) is 0 Å². The third-order valence-electron chi connectivity index (χ3n) is 2.61. The van der Waals surface area contributed by atoms with Gasteiger partial charge in [0.2, 0.25) is 0 Å².